The van der Waals surface area contributed by atoms with Crippen LogP contribution in [0.1, 0.15) is 32.3 Å². The van der Waals surface area contributed by atoms with E-state index >= 15 is 0 Å². The van der Waals surface area contributed by atoms with Crippen LogP contribution < -0.4 is 5.32 Å². The molecule has 0 aliphatic carbocycles. The summed E-state index contributed by atoms with van der Waals surface area (Å²) in [4.78, 5) is 0. The molecule has 0 aliphatic heterocycles. The summed E-state index contributed by atoms with van der Waals surface area (Å²) >= 11 is 0. The molecular formula is C14H22FN. The SMILES string of the molecule is CCC(CC)(CNC)Cc1cccc(F)c1. The zero-order chi connectivity index (χ0) is 12.0. The molecular weight excluding hydrogens is 201 g/mol. The van der Waals surface area contributed by atoms with Crippen molar-refractivity contribution in [1.29, 1.82) is 0 Å². The van der Waals surface area contributed by atoms with E-state index in [1.807, 2.05) is 13.1 Å². The first kappa shape index (κ1) is 13.2. The van der Waals surface area contributed by atoms with Crippen molar-refractivity contribution in [2.24, 2.45) is 5.41 Å². The lowest BCUT2D eigenvalue weighted by Gasteiger charge is -2.31. The number of nitrogens with one attached hydrogen (secondary N) is 1. The van der Waals surface area contributed by atoms with Gasteiger partial charge in [0.1, 0.15) is 5.82 Å². The standard InChI is InChI=1S/C14H22FN/c1-4-14(5-2,11-16-3)10-12-7-6-8-13(15)9-12/h6-9,16H,4-5,10-11H2,1-3H3. The maximum atomic E-state index is 13.1. The minimum atomic E-state index is -0.136. The van der Waals surface area contributed by atoms with E-state index in [-0.39, 0.29) is 11.2 Å². The highest BCUT2D eigenvalue weighted by Crippen LogP contribution is 2.30. The largest absolute Gasteiger partial charge is 0.319 e. The van der Waals surface area contributed by atoms with Gasteiger partial charge >= 0.3 is 0 Å². The maximum Gasteiger partial charge on any atom is 0.123 e. The van der Waals surface area contributed by atoms with Gasteiger partial charge in [-0.2, -0.15) is 0 Å². The Labute approximate surface area is 98.1 Å². The van der Waals surface area contributed by atoms with Gasteiger partial charge in [-0.25, -0.2) is 4.39 Å². The average Bonchev–Trinajstić information content (AvgIpc) is 2.28. The molecule has 0 atom stereocenters. The summed E-state index contributed by atoms with van der Waals surface area (Å²) in [5, 5.41) is 3.25. The Bertz CT molecular complexity index is 318. The minimum Gasteiger partial charge on any atom is -0.319 e. The van der Waals surface area contributed by atoms with Gasteiger partial charge in [0.05, 0.1) is 0 Å². The second-order valence-electron chi connectivity index (χ2n) is 4.54. The summed E-state index contributed by atoms with van der Waals surface area (Å²) in [5.41, 5.74) is 1.35. The zero-order valence-electron chi connectivity index (χ0n) is 10.5. The third kappa shape index (κ3) is 3.31. The van der Waals surface area contributed by atoms with Crippen molar-refractivity contribution in [2.45, 2.75) is 33.1 Å². The van der Waals surface area contributed by atoms with E-state index < -0.39 is 0 Å². The van der Waals surface area contributed by atoms with E-state index in [0.717, 1.165) is 31.4 Å². The highest BCUT2D eigenvalue weighted by Gasteiger charge is 2.25. The van der Waals surface area contributed by atoms with Gasteiger partial charge in [0.2, 0.25) is 0 Å². The van der Waals surface area contributed by atoms with Crippen molar-refractivity contribution in [2.75, 3.05) is 13.6 Å². The number of benzene rings is 1. The molecule has 0 heterocycles. The second-order valence-corrected chi connectivity index (χ2v) is 4.54. The molecule has 1 aromatic rings. The molecule has 0 fully saturated rings. The van der Waals surface area contributed by atoms with Crippen LogP contribution in [0.15, 0.2) is 24.3 Å². The lowest BCUT2D eigenvalue weighted by Crippen LogP contribution is -2.33. The first-order valence-corrected chi connectivity index (χ1v) is 6.05. The van der Waals surface area contributed by atoms with Gasteiger partial charge < -0.3 is 5.32 Å². The van der Waals surface area contributed by atoms with Crippen LogP contribution in [-0.2, 0) is 6.42 Å². The average molecular weight is 223 g/mol. The van der Waals surface area contributed by atoms with E-state index in [1.165, 1.54) is 6.07 Å². The van der Waals surface area contributed by atoms with Gasteiger partial charge in [-0.15, -0.1) is 0 Å². The highest BCUT2D eigenvalue weighted by atomic mass is 19.1. The number of hydrogen-bond donors (Lipinski definition) is 1. The van der Waals surface area contributed by atoms with Crippen molar-refractivity contribution in [3.05, 3.63) is 35.6 Å². The molecule has 0 unspecified atom stereocenters. The molecule has 1 nitrogen and oxygen atoms in total. The molecule has 16 heavy (non-hydrogen) atoms. The summed E-state index contributed by atoms with van der Waals surface area (Å²) < 4.78 is 13.1. The molecule has 0 radical (unpaired) electrons. The molecule has 0 amide bonds. The highest BCUT2D eigenvalue weighted by molar-refractivity contribution is 5.18. The van der Waals surface area contributed by atoms with Crippen LogP contribution in [-0.4, -0.2) is 13.6 Å². The van der Waals surface area contributed by atoms with Crippen LogP contribution in [0.2, 0.25) is 0 Å². The van der Waals surface area contributed by atoms with Gasteiger partial charge in [-0.05, 0) is 49.4 Å². The van der Waals surface area contributed by atoms with Crippen LogP contribution in [0.3, 0.4) is 0 Å². The van der Waals surface area contributed by atoms with Gasteiger partial charge in [0, 0.05) is 6.54 Å². The van der Waals surface area contributed by atoms with Crippen LogP contribution in [0.25, 0.3) is 0 Å². The van der Waals surface area contributed by atoms with Crippen molar-refractivity contribution in [3.8, 4) is 0 Å². The van der Waals surface area contributed by atoms with E-state index in [2.05, 4.69) is 19.2 Å². The molecule has 90 valence electrons. The summed E-state index contributed by atoms with van der Waals surface area (Å²) in [6.45, 7) is 5.40. The molecule has 2 heteroatoms. The van der Waals surface area contributed by atoms with Crippen LogP contribution in [0.5, 0.6) is 0 Å². The fourth-order valence-electron chi connectivity index (χ4n) is 2.27. The molecule has 1 aromatic carbocycles. The first-order chi connectivity index (χ1) is 7.65. The fraction of sp³-hybridized carbons (Fsp3) is 0.571. The minimum absolute atomic E-state index is 0.136. The lowest BCUT2D eigenvalue weighted by atomic mass is 9.77. The van der Waals surface area contributed by atoms with Crippen molar-refractivity contribution in [3.63, 3.8) is 0 Å². The summed E-state index contributed by atoms with van der Waals surface area (Å²) in [5.74, 6) is -0.136. The normalized spacial score (nSPS) is 11.8. The topological polar surface area (TPSA) is 12.0 Å². The fourth-order valence-corrected chi connectivity index (χ4v) is 2.27. The smallest absolute Gasteiger partial charge is 0.123 e. The Kier molecular flexibility index (Phi) is 4.94. The molecule has 1 rings (SSSR count). The van der Waals surface area contributed by atoms with Crippen molar-refractivity contribution in [1.82, 2.24) is 5.32 Å². The third-order valence-electron chi connectivity index (χ3n) is 3.52. The Morgan fingerprint density at radius 2 is 1.94 bits per heavy atom. The molecule has 0 aliphatic rings. The van der Waals surface area contributed by atoms with Gasteiger partial charge in [-0.1, -0.05) is 26.0 Å². The van der Waals surface area contributed by atoms with E-state index in [9.17, 15) is 4.39 Å². The van der Waals surface area contributed by atoms with Crippen LogP contribution >= 0.6 is 0 Å². The zero-order valence-corrected chi connectivity index (χ0v) is 10.5. The molecule has 0 saturated heterocycles. The van der Waals surface area contributed by atoms with Gasteiger partial charge in [-0.3, -0.25) is 0 Å². The van der Waals surface area contributed by atoms with Crippen LogP contribution in [0.4, 0.5) is 4.39 Å². The maximum absolute atomic E-state index is 13.1. The molecule has 0 bridgehead atoms. The number of halogens is 1. The Morgan fingerprint density at radius 3 is 2.44 bits per heavy atom. The van der Waals surface area contributed by atoms with Crippen LogP contribution in [0, 0.1) is 11.2 Å². The summed E-state index contributed by atoms with van der Waals surface area (Å²) in [7, 11) is 1.98. The van der Waals surface area contributed by atoms with E-state index in [0.29, 0.717) is 0 Å². The Hall–Kier alpha value is -0.890. The van der Waals surface area contributed by atoms with E-state index in [1.54, 1.807) is 12.1 Å². The third-order valence-corrected chi connectivity index (χ3v) is 3.52. The lowest BCUT2D eigenvalue weighted by molar-refractivity contribution is 0.253. The predicted molar refractivity (Wildman–Crippen MR) is 67.0 cm³/mol. The molecule has 0 aromatic heterocycles. The van der Waals surface area contributed by atoms with Gasteiger partial charge in [0.15, 0.2) is 0 Å². The number of hydrogen-bond acceptors (Lipinski definition) is 1. The Balaban J connectivity index is 2.82. The first-order valence-electron chi connectivity index (χ1n) is 6.05. The Morgan fingerprint density at radius 1 is 1.25 bits per heavy atom. The quantitative estimate of drug-likeness (QED) is 0.779. The van der Waals surface area contributed by atoms with Gasteiger partial charge in [0.25, 0.3) is 0 Å². The van der Waals surface area contributed by atoms with Crippen molar-refractivity contribution < 1.29 is 4.39 Å². The molecule has 0 saturated carbocycles. The summed E-state index contributed by atoms with van der Waals surface area (Å²) in [6.07, 6.45) is 3.17. The molecule has 1 N–H and O–H groups in total. The van der Waals surface area contributed by atoms with E-state index in [4.69, 9.17) is 0 Å². The monoisotopic (exact) mass is 223 g/mol. The summed E-state index contributed by atoms with van der Waals surface area (Å²) in [6, 6.07) is 6.95. The van der Waals surface area contributed by atoms with Crippen molar-refractivity contribution >= 4 is 0 Å². The predicted octanol–water partition coefficient (Wildman–Crippen LogP) is 3.39. The second kappa shape index (κ2) is 6.00. The number of rotatable bonds is 6. The molecule has 0 spiro atoms.